The molecule has 7 heteroatoms. The van der Waals surface area contributed by atoms with E-state index < -0.39 is 6.09 Å². The maximum absolute atomic E-state index is 12.4. The van der Waals surface area contributed by atoms with Crippen LogP contribution in [-0.2, 0) is 12.8 Å². The minimum absolute atomic E-state index is 0.0820. The largest absolute Gasteiger partial charge is 0.465 e. The quantitative estimate of drug-likeness (QED) is 0.383. The Morgan fingerprint density at radius 1 is 0.897 bits per heavy atom. The van der Waals surface area contributed by atoms with Gasteiger partial charge in [-0.3, -0.25) is 0 Å². The molecule has 204 valence electrons. The highest BCUT2D eigenvalue weighted by Gasteiger charge is 2.32. The molecule has 1 amide bonds. The van der Waals surface area contributed by atoms with Crippen LogP contribution in [0.5, 0.6) is 0 Å². The normalized spacial score (nSPS) is 20.1. The Morgan fingerprint density at radius 2 is 1.54 bits per heavy atom. The van der Waals surface area contributed by atoms with Crippen LogP contribution in [0.3, 0.4) is 0 Å². The van der Waals surface area contributed by atoms with Crippen LogP contribution >= 0.6 is 0 Å². The zero-order valence-corrected chi connectivity index (χ0v) is 23.1. The van der Waals surface area contributed by atoms with Gasteiger partial charge in [0.1, 0.15) is 5.82 Å². The van der Waals surface area contributed by atoms with E-state index in [-0.39, 0.29) is 5.92 Å². The van der Waals surface area contributed by atoms with E-state index in [9.17, 15) is 9.90 Å². The molecule has 3 aliphatic carbocycles. The number of benzene rings is 2. The molecule has 3 aromatic rings. The molecule has 0 saturated heterocycles. The molecule has 0 unspecified atom stereocenters. The Bertz CT molecular complexity index is 1300. The summed E-state index contributed by atoms with van der Waals surface area (Å²) in [7, 11) is 4.12. The monoisotopic (exact) mass is 525 g/mol. The summed E-state index contributed by atoms with van der Waals surface area (Å²) in [6.07, 6.45) is 7.69. The number of anilines is 2. The number of hydrogen-bond donors (Lipinski definition) is 2. The van der Waals surface area contributed by atoms with E-state index in [0.717, 1.165) is 50.3 Å². The topological polar surface area (TPSA) is 81.6 Å². The van der Waals surface area contributed by atoms with E-state index in [2.05, 4.69) is 72.8 Å². The number of amides is 1. The third-order valence-corrected chi connectivity index (χ3v) is 8.88. The molecular formula is C32H39N5O2. The van der Waals surface area contributed by atoms with Crippen molar-refractivity contribution in [3.8, 4) is 11.1 Å². The van der Waals surface area contributed by atoms with Crippen LogP contribution in [0.25, 0.3) is 11.1 Å². The second-order valence-electron chi connectivity index (χ2n) is 11.7. The van der Waals surface area contributed by atoms with E-state index in [1.54, 1.807) is 4.90 Å². The van der Waals surface area contributed by atoms with Crippen molar-refractivity contribution >= 4 is 17.9 Å². The molecule has 6 rings (SSSR count). The van der Waals surface area contributed by atoms with Crippen molar-refractivity contribution in [2.75, 3.05) is 37.4 Å². The molecule has 1 fully saturated rings. The highest BCUT2D eigenvalue weighted by Crippen LogP contribution is 2.45. The van der Waals surface area contributed by atoms with Crippen LogP contribution in [-0.4, -0.2) is 59.3 Å². The van der Waals surface area contributed by atoms with Gasteiger partial charge in [-0.2, -0.15) is 4.98 Å². The Hall–Kier alpha value is -3.61. The molecule has 7 nitrogen and oxygen atoms in total. The molecule has 1 heterocycles. The number of fused-ring (bicyclic) bond motifs is 4. The first-order valence-corrected chi connectivity index (χ1v) is 14.5. The van der Waals surface area contributed by atoms with Gasteiger partial charge < -0.3 is 20.2 Å². The smallest absolute Gasteiger partial charge is 0.407 e. The van der Waals surface area contributed by atoms with Gasteiger partial charge in [-0.25, -0.2) is 9.78 Å². The number of nitrogens with one attached hydrogen (secondary N) is 1. The molecule has 0 radical (unpaired) electrons. The fraction of sp³-hybridized carbons (Fsp3) is 0.469. The standard InChI is InChI=1S/C32H39N5O2/c1-36(2)30-27-13-7-8-14-29(27)34-31(35-30)33-22-17-15-21(16-18-22)19-37(32(38)39)20-28-25-11-5-3-9-23(25)24-10-4-6-12-26(24)28/h3-6,9-12,21-22,28H,7-8,13-20H2,1-2H3,(H,38,39)(H,33,34,35)/t21-,22+. The van der Waals surface area contributed by atoms with Crippen molar-refractivity contribution in [3.05, 3.63) is 70.9 Å². The van der Waals surface area contributed by atoms with Gasteiger partial charge in [0, 0.05) is 44.7 Å². The lowest BCUT2D eigenvalue weighted by atomic mass is 9.85. The number of aromatic nitrogens is 2. The maximum atomic E-state index is 12.4. The summed E-state index contributed by atoms with van der Waals surface area (Å²) in [5, 5.41) is 13.8. The molecule has 39 heavy (non-hydrogen) atoms. The first-order chi connectivity index (χ1) is 19.0. The van der Waals surface area contributed by atoms with Crippen molar-refractivity contribution in [3.63, 3.8) is 0 Å². The SMILES string of the molecule is CN(C)c1nc(N[C@H]2CC[C@@H](CN(CC3c4ccccc4-c4ccccc43)C(=O)O)CC2)nc2c1CCCC2. The minimum atomic E-state index is -0.823. The maximum Gasteiger partial charge on any atom is 0.407 e. The van der Waals surface area contributed by atoms with E-state index in [4.69, 9.17) is 9.97 Å². The zero-order valence-electron chi connectivity index (χ0n) is 23.1. The lowest BCUT2D eigenvalue weighted by Gasteiger charge is -2.33. The summed E-state index contributed by atoms with van der Waals surface area (Å²) in [6, 6.07) is 17.2. The molecule has 0 spiro atoms. The van der Waals surface area contributed by atoms with Crippen LogP contribution in [0.2, 0.25) is 0 Å². The Kier molecular flexibility index (Phi) is 7.15. The van der Waals surface area contributed by atoms with Gasteiger partial charge in [0.25, 0.3) is 0 Å². The number of rotatable bonds is 7. The predicted molar refractivity (Wildman–Crippen MR) is 156 cm³/mol. The Balaban J connectivity index is 1.10. The molecule has 3 aliphatic rings. The second-order valence-corrected chi connectivity index (χ2v) is 11.7. The lowest BCUT2D eigenvalue weighted by molar-refractivity contribution is 0.129. The van der Waals surface area contributed by atoms with Crippen molar-refractivity contribution in [2.45, 2.75) is 63.3 Å². The fourth-order valence-electron chi connectivity index (χ4n) is 6.90. The highest BCUT2D eigenvalue weighted by atomic mass is 16.4. The predicted octanol–water partition coefficient (Wildman–Crippen LogP) is 6.18. The van der Waals surface area contributed by atoms with Crippen molar-refractivity contribution in [1.29, 1.82) is 0 Å². The second kappa shape index (κ2) is 10.9. The van der Waals surface area contributed by atoms with Gasteiger partial charge in [-0.1, -0.05) is 48.5 Å². The Morgan fingerprint density at radius 3 is 2.18 bits per heavy atom. The number of aryl methyl sites for hydroxylation is 1. The summed E-state index contributed by atoms with van der Waals surface area (Å²) in [4.78, 5) is 25.9. The average Bonchev–Trinajstić information content (AvgIpc) is 3.26. The lowest BCUT2D eigenvalue weighted by Crippen LogP contribution is -2.39. The summed E-state index contributed by atoms with van der Waals surface area (Å²) in [5.74, 6) is 2.24. The van der Waals surface area contributed by atoms with Gasteiger partial charge in [0.05, 0.1) is 5.69 Å². The number of hydrogen-bond acceptors (Lipinski definition) is 5. The highest BCUT2D eigenvalue weighted by molar-refractivity contribution is 5.79. The minimum Gasteiger partial charge on any atom is -0.465 e. The van der Waals surface area contributed by atoms with Gasteiger partial charge in [0.15, 0.2) is 0 Å². The Labute approximate surface area is 231 Å². The summed E-state index contributed by atoms with van der Waals surface area (Å²) >= 11 is 0. The molecule has 0 atom stereocenters. The third-order valence-electron chi connectivity index (χ3n) is 8.88. The molecular weight excluding hydrogens is 486 g/mol. The third kappa shape index (κ3) is 5.19. The van der Waals surface area contributed by atoms with Gasteiger partial charge in [-0.15, -0.1) is 0 Å². The summed E-state index contributed by atoms with van der Waals surface area (Å²) in [5.41, 5.74) is 7.44. The van der Waals surface area contributed by atoms with Crippen molar-refractivity contribution in [2.24, 2.45) is 5.92 Å². The van der Waals surface area contributed by atoms with Crippen LogP contribution in [0.15, 0.2) is 48.5 Å². The number of carboxylic acid groups (broad SMARTS) is 1. The van der Waals surface area contributed by atoms with E-state index in [0.29, 0.717) is 25.0 Å². The van der Waals surface area contributed by atoms with Gasteiger partial charge in [0.2, 0.25) is 5.95 Å². The number of carbonyl (C=O) groups is 1. The van der Waals surface area contributed by atoms with E-state index in [1.165, 1.54) is 46.4 Å². The number of nitrogens with zero attached hydrogens (tertiary/aromatic N) is 4. The van der Waals surface area contributed by atoms with Crippen LogP contribution in [0, 0.1) is 5.92 Å². The molecule has 0 bridgehead atoms. The summed E-state index contributed by atoms with van der Waals surface area (Å²) in [6.45, 7) is 1.08. The van der Waals surface area contributed by atoms with E-state index >= 15 is 0 Å². The fourth-order valence-corrected chi connectivity index (χ4v) is 6.90. The molecule has 0 aliphatic heterocycles. The van der Waals surface area contributed by atoms with Crippen LogP contribution in [0.1, 0.15) is 66.8 Å². The van der Waals surface area contributed by atoms with Crippen LogP contribution < -0.4 is 10.2 Å². The van der Waals surface area contributed by atoms with Gasteiger partial charge in [-0.05, 0) is 79.5 Å². The van der Waals surface area contributed by atoms with Crippen molar-refractivity contribution < 1.29 is 9.90 Å². The summed E-state index contributed by atoms with van der Waals surface area (Å²) < 4.78 is 0. The van der Waals surface area contributed by atoms with Crippen LogP contribution in [0.4, 0.5) is 16.6 Å². The first-order valence-electron chi connectivity index (χ1n) is 14.5. The van der Waals surface area contributed by atoms with Crippen molar-refractivity contribution in [1.82, 2.24) is 14.9 Å². The molecule has 1 saturated carbocycles. The average molecular weight is 526 g/mol. The molecule has 1 aromatic heterocycles. The molecule has 2 N–H and O–H groups in total. The molecule has 2 aromatic carbocycles. The van der Waals surface area contributed by atoms with Gasteiger partial charge >= 0.3 is 6.09 Å². The zero-order chi connectivity index (χ0) is 26.9. The van der Waals surface area contributed by atoms with E-state index in [1.807, 2.05) is 0 Å². The first kappa shape index (κ1) is 25.7.